The van der Waals surface area contributed by atoms with Gasteiger partial charge in [-0.3, -0.25) is 0 Å². The first-order chi connectivity index (χ1) is 4.74. The Balaban J connectivity index is 3.25. The number of aryl methyl sites for hydroxylation is 1. The van der Waals surface area contributed by atoms with Gasteiger partial charge in [0.05, 0.1) is 5.02 Å². The SMILES string of the molecule is C#Cc1cc(C)ccc1Cl. The molecule has 10 heavy (non-hydrogen) atoms. The molecule has 0 aromatic heterocycles. The van der Waals surface area contributed by atoms with E-state index in [0.717, 1.165) is 11.1 Å². The fraction of sp³-hybridized carbons (Fsp3) is 0.111. The van der Waals surface area contributed by atoms with Gasteiger partial charge in [-0.2, -0.15) is 0 Å². The summed E-state index contributed by atoms with van der Waals surface area (Å²) < 4.78 is 0. The number of hydrogen-bond donors (Lipinski definition) is 0. The lowest BCUT2D eigenvalue weighted by atomic mass is 10.1. The van der Waals surface area contributed by atoms with Gasteiger partial charge >= 0.3 is 0 Å². The minimum atomic E-state index is 0.646. The quantitative estimate of drug-likeness (QED) is 0.499. The molecule has 0 aliphatic carbocycles. The standard InChI is InChI=1S/C9H7Cl/c1-3-8-6-7(2)4-5-9(8)10/h1,4-6H,2H3. The molecular formula is C9H7Cl. The molecule has 0 bridgehead atoms. The highest BCUT2D eigenvalue weighted by molar-refractivity contribution is 6.31. The van der Waals surface area contributed by atoms with E-state index in [9.17, 15) is 0 Å². The van der Waals surface area contributed by atoms with Gasteiger partial charge < -0.3 is 0 Å². The second-order valence-electron chi connectivity index (χ2n) is 2.13. The highest BCUT2D eigenvalue weighted by Crippen LogP contribution is 2.15. The van der Waals surface area contributed by atoms with Gasteiger partial charge in [-0.05, 0) is 24.6 Å². The zero-order chi connectivity index (χ0) is 7.56. The van der Waals surface area contributed by atoms with Crippen LogP contribution in [0.3, 0.4) is 0 Å². The molecule has 0 amide bonds. The molecule has 0 fully saturated rings. The molecule has 1 aromatic rings. The van der Waals surface area contributed by atoms with Gasteiger partial charge in [0.2, 0.25) is 0 Å². The number of benzene rings is 1. The Morgan fingerprint density at radius 1 is 1.50 bits per heavy atom. The topological polar surface area (TPSA) is 0 Å². The first kappa shape index (κ1) is 7.18. The van der Waals surface area contributed by atoms with E-state index in [0.29, 0.717) is 5.02 Å². The molecule has 1 rings (SSSR count). The van der Waals surface area contributed by atoms with Crippen molar-refractivity contribution >= 4 is 11.6 Å². The zero-order valence-electron chi connectivity index (χ0n) is 5.69. The van der Waals surface area contributed by atoms with Crippen LogP contribution in [0.15, 0.2) is 18.2 Å². The summed E-state index contributed by atoms with van der Waals surface area (Å²) in [5, 5.41) is 0.646. The molecule has 1 aromatic carbocycles. The number of rotatable bonds is 0. The van der Waals surface area contributed by atoms with E-state index in [1.54, 1.807) is 0 Å². The lowest BCUT2D eigenvalue weighted by Gasteiger charge is -1.95. The molecule has 0 heterocycles. The number of halogens is 1. The Morgan fingerprint density at radius 3 is 2.70 bits per heavy atom. The molecule has 0 spiro atoms. The van der Waals surface area contributed by atoms with Crippen LogP contribution in [0.2, 0.25) is 5.02 Å². The fourth-order valence-electron chi connectivity index (χ4n) is 0.750. The number of terminal acetylenes is 1. The van der Waals surface area contributed by atoms with Gasteiger partial charge in [0.15, 0.2) is 0 Å². The summed E-state index contributed by atoms with van der Waals surface area (Å²) in [6, 6.07) is 5.64. The maximum absolute atomic E-state index is 5.75. The minimum absolute atomic E-state index is 0.646. The van der Waals surface area contributed by atoms with Crippen molar-refractivity contribution in [2.24, 2.45) is 0 Å². The molecule has 0 N–H and O–H groups in total. The van der Waals surface area contributed by atoms with Crippen LogP contribution in [-0.2, 0) is 0 Å². The average molecular weight is 151 g/mol. The average Bonchev–Trinajstić information content (AvgIpc) is 1.94. The first-order valence-electron chi connectivity index (χ1n) is 2.97. The first-order valence-corrected chi connectivity index (χ1v) is 3.34. The van der Waals surface area contributed by atoms with Crippen molar-refractivity contribution in [3.8, 4) is 12.3 Å². The summed E-state index contributed by atoms with van der Waals surface area (Å²) in [5.74, 6) is 2.50. The third-order valence-corrected chi connectivity index (χ3v) is 1.61. The molecule has 1 heteroatoms. The van der Waals surface area contributed by atoms with Crippen LogP contribution >= 0.6 is 11.6 Å². The summed E-state index contributed by atoms with van der Waals surface area (Å²) in [4.78, 5) is 0. The predicted molar refractivity (Wildman–Crippen MR) is 44.1 cm³/mol. The van der Waals surface area contributed by atoms with Crippen LogP contribution < -0.4 is 0 Å². The molecule has 0 radical (unpaired) electrons. The van der Waals surface area contributed by atoms with Crippen LogP contribution in [0.1, 0.15) is 11.1 Å². The largest absolute Gasteiger partial charge is 0.115 e. The maximum atomic E-state index is 5.75. The van der Waals surface area contributed by atoms with Crippen molar-refractivity contribution in [3.05, 3.63) is 34.3 Å². The Bertz CT molecular complexity index is 281. The van der Waals surface area contributed by atoms with Crippen molar-refractivity contribution in [2.75, 3.05) is 0 Å². The van der Waals surface area contributed by atoms with Crippen LogP contribution in [0.25, 0.3) is 0 Å². The third-order valence-electron chi connectivity index (χ3n) is 1.28. The van der Waals surface area contributed by atoms with E-state index < -0.39 is 0 Å². The molecule has 0 saturated heterocycles. The van der Waals surface area contributed by atoms with Crippen LogP contribution in [0, 0.1) is 19.3 Å². The smallest absolute Gasteiger partial charge is 0.0562 e. The summed E-state index contributed by atoms with van der Waals surface area (Å²) >= 11 is 5.75. The van der Waals surface area contributed by atoms with E-state index in [2.05, 4.69) is 5.92 Å². The van der Waals surface area contributed by atoms with E-state index in [4.69, 9.17) is 18.0 Å². The second kappa shape index (κ2) is 2.77. The lowest BCUT2D eigenvalue weighted by Crippen LogP contribution is -1.77. The van der Waals surface area contributed by atoms with Crippen molar-refractivity contribution < 1.29 is 0 Å². The van der Waals surface area contributed by atoms with Crippen LogP contribution in [0.5, 0.6) is 0 Å². The number of hydrogen-bond acceptors (Lipinski definition) is 0. The second-order valence-corrected chi connectivity index (χ2v) is 2.53. The van der Waals surface area contributed by atoms with Gasteiger partial charge in [-0.25, -0.2) is 0 Å². The van der Waals surface area contributed by atoms with E-state index in [1.165, 1.54) is 0 Å². The van der Waals surface area contributed by atoms with Gasteiger partial charge in [-0.15, -0.1) is 6.42 Å². The molecule has 0 nitrogen and oxygen atoms in total. The molecule has 50 valence electrons. The molecule has 0 atom stereocenters. The zero-order valence-corrected chi connectivity index (χ0v) is 6.44. The molecule has 0 saturated carbocycles. The van der Waals surface area contributed by atoms with Gasteiger partial charge in [-0.1, -0.05) is 23.6 Å². The Morgan fingerprint density at radius 2 is 2.20 bits per heavy atom. The highest BCUT2D eigenvalue weighted by atomic mass is 35.5. The van der Waals surface area contributed by atoms with Crippen molar-refractivity contribution in [1.29, 1.82) is 0 Å². The van der Waals surface area contributed by atoms with Crippen LogP contribution in [-0.4, -0.2) is 0 Å². The highest BCUT2D eigenvalue weighted by Gasteiger charge is 1.94. The van der Waals surface area contributed by atoms with E-state index in [-0.39, 0.29) is 0 Å². The lowest BCUT2D eigenvalue weighted by molar-refractivity contribution is 1.46. The summed E-state index contributed by atoms with van der Waals surface area (Å²) in [5.41, 5.74) is 1.90. The maximum Gasteiger partial charge on any atom is 0.0562 e. The summed E-state index contributed by atoms with van der Waals surface area (Å²) in [6.07, 6.45) is 5.19. The van der Waals surface area contributed by atoms with Gasteiger partial charge in [0, 0.05) is 5.56 Å². The molecule has 0 aliphatic heterocycles. The molecular weight excluding hydrogens is 144 g/mol. The van der Waals surface area contributed by atoms with Crippen molar-refractivity contribution in [3.63, 3.8) is 0 Å². The molecule has 0 aliphatic rings. The predicted octanol–water partition coefficient (Wildman–Crippen LogP) is 2.63. The van der Waals surface area contributed by atoms with Crippen molar-refractivity contribution in [1.82, 2.24) is 0 Å². The molecule has 0 unspecified atom stereocenters. The summed E-state index contributed by atoms with van der Waals surface area (Å²) in [7, 11) is 0. The third kappa shape index (κ3) is 1.32. The van der Waals surface area contributed by atoms with Gasteiger partial charge in [0.1, 0.15) is 0 Å². The Kier molecular flexibility index (Phi) is 1.99. The monoisotopic (exact) mass is 150 g/mol. The minimum Gasteiger partial charge on any atom is -0.115 e. The normalized spacial score (nSPS) is 8.90. The van der Waals surface area contributed by atoms with Crippen LogP contribution in [0.4, 0.5) is 0 Å². The van der Waals surface area contributed by atoms with E-state index >= 15 is 0 Å². The summed E-state index contributed by atoms with van der Waals surface area (Å²) in [6.45, 7) is 1.98. The Hall–Kier alpha value is -0.930. The van der Waals surface area contributed by atoms with Crippen molar-refractivity contribution in [2.45, 2.75) is 6.92 Å². The van der Waals surface area contributed by atoms with Gasteiger partial charge in [0.25, 0.3) is 0 Å². The van der Waals surface area contributed by atoms with E-state index in [1.807, 2.05) is 25.1 Å². The Labute approximate surface area is 65.8 Å². The fourth-order valence-corrected chi connectivity index (χ4v) is 0.922.